The highest BCUT2D eigenvalue weighted by atomic mass is 32.1. The number of methoxy groups -OCH3 is 1. The Hall–Kier alpha value is -1.84. The van der Waals surface area contributed by atoms with Crippen LogP contribution < -0.4 is 10.9 Å². The minimum Gasteiger partial charge on any atom is -0.377 e. The number of anilines is 1. The van der Waals surface area contributed by atoms with Crippen molar-refractivity contribution in [3.05, 3.63) is 33.5 Å². The minimum atomic E-state index is -0.144. The number of hydrogen-bond acceptors (Lipinski definition) is 8. The Morgan fingerprint density at radius 1 is 1.40 bits per heavy atom. The number of hydrogen-bond donors (Lipinski definition) is 1. The van der Waals surface area contributed by atoms with Gasteiger partial charge in [0.05, 0.1) is 24.9 Å². The molecule has 0 amide bonds. The van der Waals surface area contributed by atoms with Crippen LogP contribution in [0.1, 0.15) is 36.0 Å². The second kappa shape index (κ2) is 7.19. The monoisotopic (exact) mass is 363 g/mol. The zero-order valence-corrected chi connectivity index (χ0v) is 14.9. The normalized spacial score (nSPS) is 22.8. The van der Waals surface area contributed by atoms with E-state index in [4.69, 9.17) is 9.47 Å². The van der Waals surface area contributed by atoms with Crippen molar-refractivity contribution in [2.45, 2.75) is 44.4 Å². The van der Waals surface area contributed by atoms with Gasteiger partial charge in [-0.25, -0.2) is 9.67 Å². The first-order chi connectivity index (χ1) is 12.2. The van der Waals surface area contributed by atoms with Crippen LogP contribution in [0, 0.1) is 0 Å². The summed E-state index contributed by atoms with van der Waals surface area (Å²) < 4.78 is 16.5. The molecule has 2 aliphatic rings. The molecule has 0 radical (unpaired) electrons. The molecule has 0 saturated carbocycles. The summed E-state index contributed by atoms with van der Waals surface area (Å²) in [6, 6.07) is 1.54. The van der Waals surface area contributed by atoms with Gasteiger partial charge in [-0.2, -0.15) is 9.47 Å². The van der Waals surface area contributed by atoms with E-state index in [1.54, 1.807) is 17.9 Å². The second-order valence-corrected chi connectivity index (χ2v) is 7.16. The molecule has 1 aliphatic carbocycles. The van der Waals surface area contributed by atoms with Gasteiger partial charge in [-0.05, 0) is 31.2 Å². The predicted octanol–water partition coefficient (Wildman–Crippen LogP) is 1.17. The van der Waals surface area contributed by atoms with E-state index in [9.17, 15) is 4.79 Å². The summed E-state index contributed by atoms with van der Waals surface area (Å²) in [5.41, 5.74) is 2.10. The third-order valence-corrected chi connectivity index (χ3v) is 5.33. The van der Waals surface area contributed by atoms with E-state index < -0.39 is 0 Å². The van der Waals surface area contributed by atoms with Gasteiger partial charge in [-0.15, -0.1) is 0 Å². The number of nitrogens with one attached hydrogen (secondary N) is 1. The maximum Gasteiger partial charge on any atom is 0.267 e. The van der Waals surface area contributed by atoms with Crippen molar-refractivity contribution in [1.82, 2.24) is 19.1 Å². The summed E-state index contributed by atoms with van der Waals surface area (Å²) >= 11 is 1.29. The fourth-order valence-electron chi connectivity index (χ4n) is 3.40. The van der Waals surface area contributed by atoms with Crippen molar-refractivity contribution in [2.24, 2.45) is 0 Å². The van der Waals surface area contributed by atoms with Crippen molar-refractivity contribution in [3.63, 3.8) is 0 Å². The molecule has 8 nitrogen and oxygen atoms in total. The number of aromatic nitrogens is 4. The number of aryl methyl sites for hydroxylation is 2. The molecule has 4 rings (SSSR count). The summed E-state index contributed by atoms with van der Waals surface area (Å²) in [5.74, 6) is 0.648. The zero-order valence-electron chi connectivity index (χ0n) is 14.1. The standard InChI is InChI=1S/C16H21N5O3S/c1-23-9-14-18-16(25-20-14)17-12-7-24-8-13(12)21-15(22)6-10-4-2-3-5-11(10)19-21/h6,12-13H,2-5,7-9H2,1H3,(H,17,18,20). The lowest BCUT2D eigenvalue weighted by Crippen LogP contribution is -2.38. The Bertz CT molecular complexity index is 805. The second-order valence-electron chi connectivity index (χ2n) is 6.41. The van der Waals surface area contributed by atoms with Crippen LogP contribution in [0.5, 0.6) is 0 Å². The van der Waals surface area contributed by atoms with E-state index in [0.717, 1.165) is 36.9 Å². The molecule has 2 atom stereocenters. The Labute approximate surface area is 149 Å². The molecule has 2 aromatic rings. The quantitative estimate of drug-likeness (QED) is 0.853. The van der Waals surface area contributed by atoms with E-state index in [2.05, 4.69) is 19.8 Å². The summed E-state index contributed by atoms with van der Waals surface area (Å²) in [4.78, 5) is 16.9. The number of rotatable bonds is 5. The Morgan fingerprint density at radius 2 is 2.28 bits per heavy atom. The zero-order chi connectivity index (χ0) is 17.2. The fourth-order valence-corrected chi connectivity index (χ4v) is 4.03. The first-order valence-electron chi connectivity index (χ1n) is 8.52. The maximum atomic E-state index is 12.5. The molecule has 2 unspecified atom stereocenters. The van der Waals surface area contributed by atoms with Crippen LogP contribution >= 0.6 is 11.5 Å². The van der Waals surface area contributed by atoms with Crippen molar-refractivity contribution >= 4 is 16.7 Å². The first-order valence-corrected chi connectivity index (χ1v) is 9.29. The van der Waals surface area contributed by atoms with Crippen molar-refractivity contribution < 1.29 is 9.47 Å². The topological polar surface area (TPSA) is 91.2 Å². The molecule has 3 heterocycles. The predicted molar refractivity (Wildman–Crippen MR) is 93.0 cm³/mol. The smallest absolute Gasteiger partial charge is 0.267 e. The van der Waals surface area contributed by atoms with Crippen LogP contribution in [0.2, 0.25) is 0 Å². The third kappa shape index (κ3) is 3.44. The maximum absolute atomic E-state index is 12.5. The van der Waals surface area contributed by atoms with Gasteiger partial charge in [0.2, 0.25) is 5.13 Å². The largest absolute Gasteiger partial charge is 0.377 e. The molecule has 0 aromatic carbocycles. The lowest BCUT2D eigenvalue weighted by molar-refractivity contribution is 0.179. The minimum absolute atomic E-state index is 0.0553. The van der Waals surface area contributed by atoms with E-state index in [1.165, 1.54) is 11.5 Å². The average Bonchev–Trinajstić information content (AvgIpc) is 3.25. The Balaban J connectivity index is 1.55. The van der Waals surface area contributed by atoms with Gasteiger partial charge in [0.25, 0.3) is 5.56 Å². The van der Waals surface area contributed by atoms with E-state index in [0.29, 0.717) is 30.8 Å². The van der Waals surface area contributed by atoms with Crippen molar-refractivity contribution in [1.29, 1.82) is 0 Å². The van der Waals surface area contributed by atoms with Crippen LogP contribution in [-0.2, 0) is 28.9 Å². The highest BCUT2D eigenvalue weighted by molar-refractivity contribution is 7.09. The van der Waals surface area contributed by atoms with Gasteiger partial charge in [0.15, 0.2) is 5.82 Å². The SMILES string of the molecule is COCc1nsc(NC2COCC2n2nc3c(cc2=O)CCCC3)n1. The van der Waals surface area contributed by atoms with Crippen molar-refractivity contribution in [3.8, 4) is 0 Å². The van der Waals surface area contributed by atoms with E-state index >= 15 is 0 Å². The van der Waals surface area contributed by atoms with Crippen molar-refractivity contribution in [2.75, 3.05) is 25.6 Å². The number of fused-ring (bicyclic) bond motifs is 1. The summed E-state index contributed by atoms with van der Waals surface area (Å²) in [6.45, 7) is 1.36. The number of ether oxygens (including phenoxy) is 2. The lowest BCUT2D eigenvalue weighted by Gasteiger charge is -2.22. The molecule has 1 saturated heterocycles. The Kier molecular flexibility index (Phi) is 4.78. The van der Waals surface area contributed by atoms with Crippen LogP contribution in [0.25, 0.3) is 0 Å². The molecule has 1 N–H and O–H groups in total. The highest BCUT2D eigenvalue weighted by Crippen LogP contribution is 2.24. The summed E-state index contributed by atoms with van der Waals surface area (Å²) in [6.07, 6.45) is 4.16. The first kappa shape index (κ1) is 16.6. The van der Waals surface area contributed by atoms with Gasteiger partial charge >= 0.3 is 0 Å². The molecule has 2 aromatic heterocycles. The molecule has 0 bridgehead atoms. The highest BCUT2D eigenvalue weighted by Gasteiger charge is 2.32. The van der Waals surface area contributed by atoms with Gasteiger partial charge in [-0.3, -0.25) is 4.79 Å². The molecule has 1 fully saturated rings. The molecular formula is C16H21N5O3S. The number of nitrogens with zero attached hydrogens (tertiary/aromatic N) is 4. The molecule has 1 aliphatic heterocycles. The van der Waals surface area contributed by atoms with Gasteiger partial charge < -0.3 is 14.8 Å². The van der Waals surface area contributed by atoms with Crippen LogP contribution in [0.4, 0.5) is 5.13 Å². The molecule has 25 heavy (non-hydrogen) atoms. The van der Waals surface area contributed by atoms with Crippen LogP contribution in [-0.4, -0.2) is 45.5 Å². The van der Waals surface area contributed by atoms with Crippen LogP contribution in [0.15, 0.2) is 10.9 Å². The summed E-state index contributed by atoms with van der Waals surface area (Å²) in [7, 11) is 1.61. The summed E-state index contributed by atoms with van der Waals surface area (Å²) in [5, 5.41) is 8.70. The molecule has 134 valence electrons. The Morgan fingerprint density at radius 3 is 3.16 bits per heavy atom. The fraction of sp³-hybridized carbons (Fsp3) is 0.625. The van der Waals surface area contributed by atoms with Gasteiger partial charge in [0.1, 0.15) is 12.6 Å². The van der Waals surface area contributed by atoms with E-state index in [1.807, 2.05) is 0 Å². The molecular weight excluding hydrogens is 342 g/mol. The van der Waals surface area contributed by atoms with Crippen LogP contribution in [0.3, 0.4) is 0 Å². The van der Waals surface area contributed by atoms with E-state index in [-0.39, 0.29) is 17.6 Å². The molecule has 0 spiro atoms. The molecule has 9 heteroatoms. The van der Waals surface area contributed by atoms with Gasteiger partial charge in [-0.1, -0.05) is 0 Å². The average molecular weight is 363 g/mol. The van der Waals surface area contributed by atoms with Gasteiger partial charge in [0, 0.05) is 24.7 Å². The lowest BCUT2D eigenvalue weighted by atomic mass is 9.97. The third-order valence-electron chi connectivity index (χ3n) is 4.65.